The van der Waals surface area contributed by atoms with Crippen molar-refractivity contribution in [2.24, 2.45) is 5.92 Å². The number of piperidine rings is 1. The second kappa shape index (κ2) is 7.38. The highest BCUT2D eigenvalue weighted by atomic mass is 16.1. The van der Waals surface area contributed by atoms with Gasteiger partial charge in [-0.15, -0.1) is 0 Å². The lowest BCUT2D eigenvalue weighted by Crippen LogP contribution is -2.53. The van der Waals surface area contributed by atoms with E-state index in [1.807, 2.05) is 0 Å². The predicted molar refractivity (Wildman–Crippen MR) is 110 cm³/mol. The number of aromatic nitrogens is 2. The number of anilines is 1. The second-order valence-corrected chi connectivity index (χ2v) is 9.57. The minimum absolute atomic E-state index is 0.327. The van der Waals surface area contributed by atoms with Crippen LogP contribution in [-0.2, 0) is 4.79 Å². The van der Waals surface area contributed by atoms with Crippen molar-refractivity contribution in [3.63, 3.8) is 0 Å². The first-order valence-corrected chi connectivity index (χ1v) is 11.1. The van der Waals surface area contributed by atoms with E-state index in [0.29, 0.717) is 35.7 Å². The van der Waals surface area contributed by atoms with Gasteiger partial charge in [0.05, 0.1) is 0 Å². The molecule has 4 heterocycles. The number of likely N-dealkylation sites (tertiary alicyclic amines) is 2. The van der Waals surface area contributed by atoms with E-state index in [-0.39, 0.29) is 0 Å². The quantitative estimate of drug-likeness (QED) is 0.795. The summed E-state index contributed by atoms with van der Waals surface area (Å²) in [4.78, 5) is 28.6. The number of piperazine rings is 1. The van der Waals surface area contributed by atoms with Crippen molar-refractivity contribution < 1.29 is 4.79 Å². The molecule has 3 saturated heterocycles. The maximum absolute atomic E-state index is 11.5. The third-order valence-corrected chi connectivity index (χ3v) is 7.76. The number of likely N-dealkylation sites (N-methyl/N-ethyl adjacent to an activating group) is 1. The Balaban J connectivity index is 1.17. The van der Waals surface area contributed by atoms with Crippen LogP contribution < -0.4 is 4.90 Å². The van der Waals surface area contributed by atoms with Crippen LogP contribution in [0.1, 0.15) is 56.9 Å². The van der Waals surface area contributed by atoms with Crippen LogP contribution in [0.2, 0.25) is 0 Å². The fraction of sp³-hybridized carbons (Fsp3) is 0.773. The minimum atomic E-state index is 0.327. The molecule has 1 aromatic rings. The number of nitrogens with zero attached hydrogens (tertiary/aromatic N) is 5. The zero-order chi connectivity index (χ0) is 19.3. The standard InChI is InChI=1S/C22H33N5O/c1-15(28)17-9-21(10-17)26-7-5-16(6-8-26)18-11-23-22(24-12-18)27-19-3-4-20(27)14-25(2)13-19/h11-12,16-17,19-21H,3-10,13-14H2,1-2H3/t17-,19?,20?,21+. The summed E-state index contributed by atoms with van der Waals surface area (Å²) >= 11 is 0. The zero-order valence-electron chi connectivity index (χ0n) is 17.3. The van der Waals surface area contributed by atoms with Crippen LogP contribution in [0.5, 0.6) is 0 Å². The maximum atomic E-state index is 11.5. The molecule has 0 N–H and O–H groups in total. The van der Waals surface area contributed by atoms with Gasteiger partial charge < -0.3 is 14.7 Å². The van der Waals surface area contributed by atoms with Crippen LogP contribution in [0.15, 0.2) is 12.4 Å². The van der Waals surface area contributed by atoms with Gasteiger partial charge in [0, 0.05) is 49.5 Å². The first-order valence-electron chi connectivity index (χ1n) is 11.1. The third-order valence-electron chi connectivity index (χ3n) is 7.76. The Bertz CT molecular complexity index is 694. The van der Waals surface area contributed by atoms with E-state index in [4.69, 9.17) is 9.97 Å². The molecule has 28 heavy (non-hydrogen) atoms. The molecule has 1 aromatic heterocycles. The summed E-state index contributed by atoms with van der Waals surface area (Å²) in [5, 5.41) is 0. The van der Waals surface area contributed by atoms with Gasteiger partial charge in [-0.1, -0.05) is 0 Å². The molecule has 0 radical (unpaired) electrons. The highest BCUT2D eigenvalue weighted by molar-refractivity contribution is 5.79. The molecule has 5 rings (SSSR count). The molecule has 6 nitrogen and oxygen atoms in total. The Kier molecular flexibility index (Phi) is 4.87. The van der Waals surface area contributed by atoms with Gasteiger partial charge in [-0.3, -0.25) is 4.79 Å². The SMILES string of the molecule is CC(=O)[C@H]1C[C@@H](N2CCC(c3cnc(N4C5CCC4CN(C)C5)nc3)CC2)C1. The number of hydrogen-bond acceptors (Lipinski definition) is 6. The molecule has 4 aliphatic rings. The number of ketones is 1. The molecule has 2 bridgehead atoms. The third kappa shape index (κ3) is 3.35. The molecular weight excluding hydrogens is 350 g/mol. The van der Waals surface area contributed by atoms with Gasteiger partial charge in [0.25, 0.3) is 0 Å². The van der Waals surface area contributed by atoms with Gasteiger partial charge >= 0.3 is 0 Å². The van der Waals surface area contributed by atoms with E-state index in [0.717, 1.165) is 45.0 Å². The lowest BCUT2D eigenvalue weighted by molar-refractivity contribution is -0.125. The van der Waals surface area contributed by atoms with Crippen LogP contribution in [-0.4, -0.2) is 76.9 Å². The lowest BCUT2D eigenvalue weighted by Gasteiger charge is -2.45. The summed E-state index contributed by atoms with van der Waals surface area (Å²) in [5.74, 6) is 2.22. The first-order chi connectivity index (χ1) is 13.6. The van der Waals surface area contributed by atoms with Gasteiger partial charge in [0.1, 0.15) is 5.78 Å². The summed E-state index contributed by atoms with van der Waals surface area (Å²) in [6.07, 6.45) is 11.2. The van der Waals surface area contributed by atoms with Crippen molar-refractivity contribution in [3.05, 3.63) is 18.0 Å². The molecule has 1 saturated carbocycles. The fourth-order valence-electron chi connectivity index (χ4n) is 5.93. The minimum Gasteiger partial charge on any atom is -0.332 e. The van der Waals surface area contributed by atoms with E-state index in [2.05, 4.69) is 34.1 Å². The summed E-state index contributed by atoms with van der Waals surface area (Å²) in [6, 6.07) is 1.81. The Labute approximate surface area is 168 Å². The molecule has 2 atom stereocenters. The van der Waals surface area contributed by atoms with E-state index >= 15 is 0 Å². The van der Waals surface area contributed by atoms with Crippen molar-refractivity contribution in [2.45, 2.75) is 69.5 Å². The van der Waals surface area contributed by atoms with Crippen molar-refractivity contribution in [2.75, 3.05) is 38.1 Å². The van der Waals surface area contributed by atoms with Gasteiger partial charge in [0.15, 0.2) is 0 Å². The highest BCUT2D eigenvalue weighted by Crippen LogP contribution is 2.37. The molecule has 3 aliphatic heterocycles. The maximum Gasteiger partial charge on any atom is 0.225 e. The largest absolute Gasteiger partial charge is 0.332 e. The van der Waals surface area contributed by atoms with E-state index in [9.17, 15) is 4.79 Å². The van der Waals surface area contributed by atoms with Gasteiger partial charge in [-0.25, -0.2) is 9.97 Å². The van der Waals surface area contributed by atoms with Crippen LogP contribution in [0.25, 0.3) is 0 Å². The summed E-state index contributed by atoms with van der Waals surface area (Å²) < 4.78 is 0. The number of carbonyl (C=O) groups excluding carboxylic acids is 1. The van der Waals surface area contributed by atoms with Crippen molar-refractivity contribution in [1.82, 2.24) is 19.8 Å². The average molecular weight is 384 g/mol. The summed E-state index contributed by atoms with van der Waals surface area (Å²) in [6.45, 7) is 6.29. The van der Waals surface area contributed by atoms with Gasteiger partial charge in [0.2, 0.25) is 5.95 Å². The average Bonchev–Trinajstić information content (AvgIpc) is 2.92. The molecule has 0 spiro atoms. The van der Waals surface area contributed by atoms with Gasteiger partial charge in [-0.05, 0) is 77.1 Å². The molecule has 6 heteroatoms. The van der Waals surface area contributed by atoms with Crippen LogP contribution >= 0.6 is 0 Å². The van der Waals surface area contributed by atoms with Crippen LogP contribution in [0.4, 0.5) is 5.95 Å². The summed E-state index contributed by atoms with van der Waals surface area (Å²) in [5.41, 5.74) is 1.31. The smallest absolute Gasteiger partial charge is 0.225 e. The number of fused-ring (bicyclic) bond motifs is 2. The van der Waals surface area contributed by atoms with Crippen molar-refractivity contribution in [1.29, 1.82) is 0 Å². The normalized spacial score (nSPS) is 34.4. The monoisotopic (exact) mass is 383 g/mol. The molecule has 0 amide bonds. The number of hydrogen-bond donors (Lipinski definition) is 0. The van der Waals surface area contributed by atoms with Crippen LogP contribution in [0, 0.1) is 5.92 Å². The topological polar surface area (TPSA) is 52.6 Å². The number of carbonyl (C=O) groups is 1. The number of Topliss-reactive ketones (excluding diaryl/α,β-unsaturated/α-hetero) is 1. The van der Waals surface area contributed by atoms with Crippen LogP contribution in [0.3, 0.4) is 0 Å². The predicted octanol–water partition coefficient (Wildman–Crippen LogP) is 2.31. The molecule has 4 fully saturated rings. The van der Waals surface area contributed by atoms with Crippen molar-refractivity contribution >= 4 is 11.7 Å². The Hall–Kier alpha value is -1.53. The Morgan fingerprint density at radius 3 is 2.14 bits per heavy atom. The molecular formula is C22H33N5O. The van der Waals surface area contributed by atoms with Gasteiger partial charge in [-0.2, -0.15) is 0 Å². The fourth-order valence-corrected chi connectivity index (χ4v) is 5.93. The first kappa shape index (κ1) is 18.5. The summed E-state index contributed by atoms with van der Waals surface area (Å²) in [7, 11) is 2.23. The van der Waals surface area contributed by atoms with E-state index < -0.39 is 0 Å². The van der Waals surface area contributed by atoms with E-state index in [1.165, 1.54) is 31.2 Å². The lowest BCUT2D eigenvalue weighted by atomic mass is 9.76. The van der Waals surface area contributed by atoms with E-state index in [1.54, 1.807) is 6.92 Å². The highest BCUT2D eigenvalue weighted by Gasteiger charge is 2.40. The molecule has 1 aliphatic carbocycles. The molecule has 0 aromatic carbocycles. The Morgan fingerprint density at radius 2 is 1.57 bits per heavy atom. The second-order valence-electron chi connectivity index (χ2n) is 9.57. The van der Waals surface area contributed by atoms with Crippen molar-refractivity contribution in [3.8, 4) is 0 Å². The number of rotatable bonds is 4. The molecule has 2 unspecified atom stereocenters. The zero-order valence-corrected chi connectivity index (χ0v) is 17.3. The Morgan fingerprint density at radius 1 is 0.964 bits per heavy atom. The molecule has 152 valence electrons.